The summed E-state index contributed by atoms with van der Waals surface area (Å²) in [7, 11) is 1.67. The molecule has 1 aliphatic carbocycles. The highest BCUT2D eigenvalue weighted by Gasteiger charge is 2.36. The average Bonchev–Trinajstić information content (AvgIpc) is 2.41. The maximum Gasteiger partial charge on any atom is 0.307 e. The Balaban J connectivity index is 2.46. The van der Waals surface area contributed by atoms with Crippen LogP contribution in [-0.4, -0.2) is 18.2 Å². The fraction of sp³-hybridized carbons (Fsp3) is 0.588. The molecule has 0 aliphatic heterocycles. The summed E-state index contributed by atoms with van der Waals surface area (Å²) in [6, 6.07) is 4.13. The molecule has 1 N–H and O–H groups in total. The molecule has 3 heteroatoms. The lowest BCUT2D eigenvalue weighted by atomic mass is 9.71. The number of hydrogen-bond acceptors (Lipinski definition) is 2. The Morgan fingerprint density at radius 1 is 1.30 bits per heavy atom. The van der Waals surface area contributed by atoms with Gasteiger partial charge in [0.15, 0.2) is 0 Å². The van der Waals surface area contributed by atoms with E-state index in [1.54, 1.807) is 7.11 Å². The van der Waals surface area contributed by atoms with Crippen molar-refractivity contribution in [3.05, 3.63) is 28.8 Å². The summed E-state index contributed by atoms with van der Waals surface area (Å²) in [4.78, 5) is 11.6. The number of hydrogen-bond donors (Lipinski definition) is 1. The van der Waals surface area contributed by atoms with Crippen LogP contribution in [0.4, 0.5) is 0 Å². The van der Waals surface area contributed by atoms with Gasteiger partial charge < -0.3 is 9.84 Å². The summed E-state index contributed by atoms with van der Waals surface area (Å²) in [5, 5.41) is 9.50. The predicted molar refractivity (Wildman–Crippen MR) is 79.3 cm³/mol. The van der Waals surface area contributed by atoms with Crippen LogP contribution in [0.25, 0.3) is 0 Å². The van der Waals surface area contributed by atoms with Gasteiger partial charge in [-0.1, -0.05) is 19.1 Å². The third-order valence-electron chi connectivity index (χ3n) is 4.74. The minimum absolute atomic E-state index is 0.0606. The zero-order chi connectivity index (χ0) is 14.9. The van der Waals surface area contributed by atoms with Gasteiger partial charge in [0.2, 0.25) is 0 Å². The molecule has 3 unspecified atom stereocenters. The van der Waals surface area contributed by atoms with E-state index in [4.69, 9.17) is 4.74 Å². The van der Waals surface area contributed by atoms with E-state index in [1.807, 2.05) is 6.92 Å². The summed E-state index contributed by atoms with van der Waals surface area (Å²) in [6.07, 6.45) is 2.69. The number of benzene rings is 1. The van der Waals surface area contributed by atoms with Gasteiger partial charge in [0.1, 0.15) is 5.75 Å². The number of ether oxygens (including phenoxy) is 1. The molecule has 2 rings (SSSR count). The molecule has 20 heavy (non-hydrogen) atoms. The van der Waals surface area contributed by atoms with E-state index >= 15 is 0 Å². The van der Waals surface area contributed by atoms with Gasteiger partial charge in [-0.25, -0.2) is 0 Å². The molecule has 1 aromatic carbocycles. The Hall–Kier alpha value is -1.51. The summed E-state index contributed by atoms with van der Waals surface area (Å²) in [5.74, 6) is 0.534. The van der Waals surface area contributed by atoms with E-state index in [-0.39, 0.29) is 11.8 Å². The summed E-state index contributed by atoms with van der Waals surface area (Å²) >= 11 is 0. The van der Waals surface area contributed by atoms with Crippen molar-refractivity contribution in [2.45, 2.75) is 46.0 Å². The van der Waals surface area contributed by atoms with Crippen molar-refractivity contribution in [1.29, 1.82) is 0 Å². The van der Waals surface area contributed by atoms with Crippen LogP contribution in [-0.2, 0) is 4.79 Å². The van der Waals surface area contributed by atoms with Crippen LogP contribution < -0.4 is 4.74 Å². The lowest BCUT2D eigenvalue weighted by Crippen LogP contribution is -2.28. The van der Waals surface area contributed by atoms with Crippen LogP contribution in [0.5, 0.6) is 5.75 Å². The SMILES string of the molecule is COc1c(C2CC(C)CCC2C(=O)O)ccc(C)c1C. The maximum absolute atomic E-state index is 11.6. The molecule has 0 radical (unpaired) electrons. The molecule has 1 saturated carbocycles. The number of carbonyl (C=O) groups is 1. The Bertz CT molecular complexity index is 507. The van der Waals surface area contributed by atoms with Crippen LogP contribution in [0.15, 0.2) is 12.1 Å². The number of methoxy groups -OCH3 is 1. The first-order valence-electron chi connectivity index (χ1n) is 7.32. The van der Waals surface area contributed by atoms with Crippen molar-refractivity contribution in [3.8, 4) is 5.75 Å². The van der Waals surface area contributed by atoms with E-state index in [1.165, 1.54) is 5.56 Å². The molecule has 0 aromatic heterocycles. The quantitative estimate of drug-likeness (QED) is 0.910. The van der Waals surface area contributed by atoms with Gasteiger partial charge in [0.25, 0.3) is 0 Å². The lowest BCUT2D eigenvalue weighted by molar-refractivity contribution is -0.143. The highest BCUT2D eigenvalue weighted by molar-refractivity contribution is 5.72. The third kappa shape index (κ3) is 2.67. The molecule has 0 saturated heterocycles. The molecule has 1 fully saturated rings. The van der Waals surface area contributed by atoms with Crippen molar-refractivity contribution >= 4 is 5.97 Å². The van der Waals surface area contributed by atoms with Gasteiger partial charge in [0.05, 0.1) is 13.0 Å². The maximum atomic E-state index is 11.6. The second-order valence-corrected chi connectivity index (χ2v) is 6.10. The molecular weight excluding hydrogens is 252 g/mol. The number of aryl methyl sites for hydroxylation is 1. The lowest BCUT2D eigenvalue weighted by Gasteiger charge is -2.34. The fourth-order valence-electron chi connectivity index (χ4n) is 3.39. The van der Waals surface area contributed by atoms with Crippen LogP contribution in [0.2, 0.25) is 0 Å². The van der Waals surface area contributed by atoms with Crippen LogP contribution in [0, 0.1) is 25.7 Å². The van der Waals surface area contributed by atoms with Crippen molar-refractivity contribution in [2.75, 3.05) is 7.11 Å². The monoisotopic (exact) mass is 276 g/mol. The molecule has 3 atom stereocenters. The zero-order valence-corrected chi connectivity index (χ0v) is 12.8. The van der Waals surface area contributed by atoms with Crippen LogP contribution in [0.1, 0.15) is 48.8 Å². The van der Waals surface area contributed by atoms with Crippen molar-refractivity contribution in [2.24, 2.45) is 11.8 Å². The van der Waals surface area contributed by atoms with Gasteiger partial charge in [-0.05, 0) is 55.7 Å². The van der Waals surface area contributed by atoms with Crippen LogP contribution in [0.3, 0.4) is 0 Å². The minimum Gasteiger partial charge on any atom is -0.496 e. The topological polar surface area (TPSA) is 46.5 Å². The Kier molecular flexibility index (Phi) is 4.36. The number of aliphatic carboxylic acids is 1. The Morgan fingerprint density at radius 3 is 2.60 bits per heavy atom. The highest BCUT2D eigenvalue weighted by Crippen LogP contribution is 2.44. The smallest absolute Gasteiger partial charge is 0.307 e. The Labute approximate surface area is 121 Å². The first kappa shape index (κ1) is 14.9. The first-order chi connectivity index (χ1) is 9.45. The van der Waals surface area contributed by atoms with Crippen molar-refractivity contribution in [3.63, 3.8) is 0 Å². The van der Waals surface area contributed by atoms with Gasteiger partial charge in [-0.3, -0.25) is 4.79 Å². The molecular formula is C17H24O3. The Morgan fingerprint density at radius 2 is 2.00 bits per heavy atom. The van der Waals surface area contributed by atoms with Gasteiger partial charge in [-0.2, -0.15) is 0 Å². The largest absolute Gasteiger partial charge is 0.496 e. The van der Waals surface area contributed by atoms with E-state index in [0.29, 0.717) is 5.92 Å². The van der Waals surface area contributed by atoms with Crippen LogP contribution >= 0.6 is 0 Å². The van der Waals surface area contributed by atoms with Crippen molar-refractivity contribution in [1.82, 2.24) is 0 Å². The minimum atomic E-state index is -0.679. The number of rotatable bonds is 3. The standard InChI is InChI=1S/C17H24O3/c1-10-5-7-14(17(18)19)15(9-10)13-8-6-11(2)12(3)16(13)20-4/h6,8,10,14-15H,5,7,9H2,1-4H3,(H,18,19). The number of carboxylic acid groups (broad SMARTS) is 1. The zero-order valence-electron chi connectivity index (χ0n) is 12.8. The summed E-state index contributed by atoms with van der Waals surface area (Å²) in [5.41, 5.74) is 3.36. The van der Waals surface area contributed by atoms with Gasteiger partial charge in [-0.15, -0.1) is 0 Å². The van der Waals surface area contributed by atoms with Gasteiger partial charge in [0, 0.05) is 5.92 Å². The fourth-order valence-corrected chi connectivity index (χ4v) is 3.39. The predicted octanol–water partition coefficient (Wildman–Crippen LogP) is 3.92. The normalized spacial score (nSPS) is 26.3. The molecule has 0 amide bonds. The molecule has 110 valence electrons. The second kappa shape index (κ2) is 5.86. The van der Waals surface area contributed by atoms with E-state index in [0.717, 1.165) is 36.1 Å². The molecule has 1 aliphatic rings. The molecule has 3 nitrogen and oxygen atoms in total. The molecule has 1 aromatic rings. The average molecular weight is 276 g/mol. The summed E-state index contributed by atoms with van der Waals surface area (Å²) in [6.45, 7) is 6.30. The van der Waals surface area contributed by atoms with E-state index < -0.39 is 5.97 Å². The van der Waals surface area contributed by atoms with Crippen molar-refractivity contribution < 1.29 is 14.6 Å². The third-order valence-corrected chi connectivity index (χ3v) is 4.74. The highest BCUT2D eigenvalue weighted by atomic mass is 16.5. The van der Waals surface area contributed by atoms with E-state index in [9.17, 15) is 9.90 Å². The summed E-state index contributed by atoms with van der Waals surface area (Å²) < 4.78 is 5.58. The van der Waals surface area contributed by atoms with E-state index in [2.05, 4.69) is 26.0 Å². The first-order valence-corrected chi connectivity index (χ1v) is 7.32. The molecule has 0 spiro atoms. The molecule has 0 heterocycles. The molecule has 0 bridgehead atoms. The van der Waals surface area contributed by atoms with Gasteiger partial charge >= 0.3 is 5.97 Å². The second-order valence-electron chi connectivity index (χ2n) is 6.10. The number of carboxylic acids is 1.